The molecule has 4 aliphatic heterocycles. The maximum absolute atomic E-state index is 14.6. The van der Waals surface area contributed by atoms with E-state index in [4.69, 9.17) is 21.1 Å². The third-order valence-corrected chi connectivity index (χ3v) is 8.77. The van der Waals surface area contributed by atoms with Crippen molar-refractivity contribution in [2.24, 2.45) is 11.8 Å². The molecule has 0 bridgehead atoms. The highest BCUT2D eigenvalue weighted by Crippen LogP contribution is 2.57. The number of hydrogen-bond acceptors (Lipinski definition) is 6. The molecule has 4 heterocycles. The van der Waals surface area contributed by atoms with Gasteiger partial charge in [-0.25, -0.2) is 0 Å². The number of esters is 1. The minimum atomic E-state index is -1.44. The molecule has 8 nitrogen and oxygen atoms in total. The van der Waals surface area contributed by atoms with Crippen molar-refractivity contribution in [1.29, 1.82) is 0 Å². The lowest BCUT2D eigenvalue weighted by molar-refractivity contribution is -0.160. The molecule has 208 valence electrons. The third kappa shape index (κ3) is 4.17. The van der Waals surface area contributed by atoms with E-state index in [1.807, 2.05) is 48.6 Å². The van der Waals surface area contributed by atoms with Crippen molar-refractivity contribution < 1.29 is 29.0 Å². The maximum atomic E-state index is 14.6. The maximum Gasteiger partial charge on any atom is 0.313 e. The second-order valence-electron chi connectivity index (χ2n) is 11.0. The third-order valence-electron chi connectivity index (χ3n) is 8.51. The van der Waals surface area contributed by atoms with Crippen molar-refractivity contribution in [3.63, 3.8) is 0 Å². The molecule has 2 saturated heterocycles. The van der Waals surface area contributed by atoms with E-state index in [0.29, 0.717) is 23.6 Å². The van der Waals surface area contributed by atoms with Crippen molar-refractivity contribution in [2.75, 3.05) is 24.7 Å². The van der Waals surface area contributed by atoms with E-state index >= 15 is 0 Å². The van der Waals surface area contributed by atoms with E-state index in [-0.39, 0.29) is 25.7 Å². The molecule has 0 aromatic heterocycles. The van der Waals surface area contributed by atoms with Gasteiger partial charge in [0.25, 0.3) is 5.91 Å². The molecule has 2 fully saturated rings. The fourth-order valence-corrected chi connectivity index (χ4v) is 6.94. The predicted molar refractivity (Wildman–Crippen MR) is 149 cm³/mol. The van der Waals surface area contributed by atoms with Crippen molar-refractivity contribution >= 4 is 35.1 Å². The van der Waals surface area contributed by atoms with Gasteiger partial charge in [-0.2, -0.15) is 0 Å². The van der Waals surface area contributed by atoms with Gasteiger partial charge >= 0.3 is 5.97 Å². The summed E-state index contributed by atoms with van der Waals surface area (Å²) in [6, 6.07) is 14.6. The van der Waals surface area contributed by atoms with Crippen LogP contribution in [0.3, 0.4) is 0 Å². The van der Waals surface area contributed by atoms with Crippen LogP contribution in [0.2, 0.25) is 5.02 Å². The Labute approximate surface area is 237 Å². The normalized spacial score (nSPS) is 32.1. The average molecular weight is 563 g/mol. The van der Waals surface area contributed by atoms with Crippen LogP contribution in [0.25, 0.3) is 0 Å². The van der Waals surface area contributed by atoms with Crippen LogP contribution in [0, 0.1) is 11.8 Å². The molecule has 2 aromatic carbocycles. The Morgan fingerprint density at radius 2 is 1.75 bits per heavy atom. The van der Waals surface area contributed by atoms with Crippen molar-refractivity contribution in [2.45, 2.75) is 43.1 Å². The van der Waals surface area contributed by atoms with Crippen molar-refractivity contribution in [1.82, 2.24) is 4.90 Å². The minimum absolute atomic E-state index is 0.204. The summed E-state index contributed by atoms with van der Waals surface area (Å²) in [5.74, 6) is -3.25. The van der Waals surface area contributed by atoms with Crippen LogP contribution >= 0.6 is 11.6 Å². The molecule has 0 radical (unpaired) electrons. The van der Waals surface area contributed by atoms with Gasteiger partial charge in [-0.1, -0.05) is 66.2 Å². The first-order valence-electron chi connectivity index (χ1n) is 13.6. The van der Waals surface area contributed by atoms with Gasteiger partial charge in [0.1, 0.15) is 17.6 Å². The van der Waals surface area contributed by atoms with Gasteiger partial charge < -0.3 is 24.4 Å². The Morgan fingerprint density at radius 1 is 1.00 bits per heavy atom. The second kappa shape index (κ2) is 10.2. The topological polar surface area (TPSA) is 96.4 Å². The zero-order chi connectivity index (χ0) is 28.1. The van der Waals surface area contributed by atoms with Gasteiger partial charge in [-0.05, 0) is 49.6 Å². The number of cyclic esters (lactones) is 1. The SMILES string of the molecule is C[C@]12C=CCCOC(=O)[C@H]1[C@H]1C(=O)N([C@@H](CO)Cc3ccccc3)C3C(=O)N(c4ccc(Cl)cc4)CC=C[C@@]31O2. The summed E-state index contributed by atoms with van der Waals surface area (Å²) in [6.07, 6.45) is 8.17. The van der Waals surface area contributed by atoms with Crippen molar-refractivity contribution in [3.05, 3.63) is 89.5 Å². The number of amides is 2. The number of nitrogens with zero attached hydrogens (tertiary/aromatic N) is 2. The largest absolute Gasteiger partial charge is 0.465 e. The Kier molecular flexibility index (Phi) is 6.81. The molecule has 2 aromatic rings. The molecule has 2 amide bonds. The van der Waals surface area contributed by atoms with Crippen LogP contribution in [0.1, 0.15) is 18.9 Å². The van der Waals surface area contributed by atoms with Crippen molar-refractivity contribution in [3.8, 4) is 0 Å². The van der Waals surface area contributed by atoms with E-state index in [0.717, 1.165) is 5.56 Å². The molecule has 0 saturated carbocycles. The summed E-state index contributed by atoms with van der Waals surface area (Å²) in [5.41, 5.74) is -1.07. The molecule has 0 aliphatic carbocycles. The zero-order valence-corrected chi connectivity index (χ0v) is 22.9. The highest BCUT2D eigenvalue weighted by Gasteiger charge is 2.75. The molecule has 6 atom stereocenters. The molecular weight excluding hydrogens is 532 g/mol. The summed E-state index contributed by atoms with van der Waals surface area (Å²) < 4.78 is 12.3. The summed E-state index contributed by atoms with van der Waals surface area (Å²) in [5, 5.41) is 11.1. The molecule has 1 N–H and O–H groups in total. The van der Waals surface area contributed by atoms with Crippen LogP contribution < -0.4 is 4.90 Å². The summed E-state index contributed by atoms with van der Waals surface area (Å²) in [7, 11) is 0. The Bertz CT molecular complexity index is 1380. The summed E-state index contributed by atoms with van der Waals surface area (Å²) in [4.78, 5) is 45.6. The van der Waals surface area contributed by atoms with E-state index in [9.17, 15) is 19.5 Å². The van der Waals surface area contributed by atoms with Crippen LogP contribution in [0.5, 0.6) is 0 Å². The van der Waals surface area contributed by atoms with Crippen LogP contribution in [-0.4, -0.2) is 70.8 Å². The quantitative estimate of drug-likeness (QED) is 0.444. The fourth-order valence-electron chi connectivity index (χ4n) is 6.81. The number of ether oxygens (including phenoxy) is 2. The number of fused-ring (bicyclic) bond motifs is 2. The predicted octanol–water partition coefficient (Wildman–Crippen LogP) is 3.32. The van der Waals surface area contributed by atoms with Gasteiger partial charge in [-0.15, -0.1) is 0 Å². The highest BCUT2D eigenvalue weighted by molar-refractivity contribution is 6.30. The number of aliphatic hydroxyl groups is 1. The monoisotopic (exact) mass is 562 g/mol. The van der Waals surface area contributed by atoms with Crippen LogP contribution in [-0.2, 0) is 30.3 Å². The Hall–Kier alpha value is -3.46. The number of halogens is 1. The fraction of sp³-hybridized carbons (Fsp3) is 0.387. The Balaban J connectivity index is 1.50. The molecular formula is C31H31ClN2O6. The molecule has 40 heavy (non-hydrogen) atoms. The van der Waals surface area contributed by atoms with E-state index in [2.05, 4.69) is 0 Å². The van der Waals surface area contributed by atoms with Crippen LogP contribution in [0.15, 0.2) is 78.9 Å². The van der Waals surface area contributed by atoms with Gasteiger partial charge in [0.05, 0.1) is 30.8 Å². The first-order chi connectivity index (χ1) is 19.3. The molecule has 1 unspecified atom stereocenters. The lowest BCUT2D eigenvalue weighted by Crippen LogP contribution is -2.59. The Morgan fingerprint density at radius 3 is 2.48 bits per heavy atom. The molecule has 9 heteroatoms. The number of carbonyl (C=O) groups is 3. The number of likely N-dealkylation sites (tertiary alicyclic amines) is 1. The van der Waals surface area contributed by atoms with Gasteiger partial charge in [-0.3, -0.25) is 14.4 Å². The summed E-state index contributed by atoms with van der Waals surface area (Å²) >= 11 is 6.12. The van der Waals surface area contributed by atoms with Gasteiger partial charge in [0.15, 0.2) is 0 Å². The number of carbonyl (C=O) groups excluding carboxylic acids is 3. The number of benzene rings is 2. The molecule has 6 rings (SSSR count). The number of aliphatic hydroxyl groups excluding tert-OH is 1. The molecule has 4 aliphatic rings. The van der Waals surface area contributed by atoms with E-state index in [1.54, 1.807) is 42.2 Å². The first kappa shape index (κ1) is 26.7. The smallest absolute Gasteiger partial charge is 0.313 e. The lowest BCUT2D eigenvalue weighted by atomic mass is 9.74. The van der Waals surface area contributed by atoms with Gasteiger partial charge in [0, 0.05) is 17.3 Å². The van der Waals surface area contributed by atoms with E-state index in [1.165, 1.54) is 4.90 Å². The minimum Gasteiger partial charge on any atom is -0.465 e. The van der Waals surface area contributed by atoms with Crippen LogP contribution in [0.4, 0.5) is 5.69 Å². The zero-order valence-electron chi connectivity index (χ0n) is 22.1. The van der Waals surface area contributed by atoms with E-state index < -0.39 is 47.0 Å². The molecule has 1 spiro atoms. The number of rotatable bonds is 5. The van der Waals surface area contributed by atoms with Gasteiger partial charge in [0.2, 0.25) is 5.91 Å². The lowest BCUT2D eigenvalue weighted by Gasteiger charge is -2.40. The number of hydrogen-bond donors (Lipinski definition) is 1. The average Bonchev–Trinajstić information content (AvgIpc) is 3.27. The second-order valence-corrected chi connectivity index (χ2v) is 11.4. The number of anilines is 1. The standard InChI is InChI=1S/C31H31ClN2O6/c1-30-14-5-6-17-39-29(38)25(30)24-27(36)34(23(19-35)18-20-8-3-2-4-9-20)26-28(37)33(16-7-15-31(24,26)40-30)22-12-10-21(32)11-13-22/h2-5,7-15,23-26,35H,6,16-19H2,1H3/t23-,24+,25-,26?,30+,31+/m1/s1. The highest BCUT2D eigenvalue weighted by atomic mass is 35.5. The summed E-state index contributed by atoms with van der Waals surface area (Å²) in [6.45, 7) is 1.84. The first-order valence-corrected chi connectivity index (χ1v) is 13.9.